The Kier molecular flexibility index (Phi) is 5.61. The van der Waals surface area contributed by atoms with E-state index in [1.807, 2.05) is 6.92 Å². The monoisotopic (exact) mass is 323 g/mol. The normalized spacial score (nSPS) is 10.5. The molecule has 0 amide bonds. The van der Waals surface area contributed by atoms with E-state index in [1.54, 1.807) is 31.2 Å². The number of nitrogen functional groups attached to an aromatic ring is 1. The molecule has 8 heteroatoms. The molecule has 0 bridgehead atoms. The van der Waals surface area contributed by atoms with Crippen LogP contribution in [0.5, 0.6) is 0 Å². The lowest BCUT2D eigenvalue weighted by Gasteiger charge is -2.03. The molecule has 4 N–H and O–H groups in total. The summed E-state index contributed by atoms with van der Waals surface area (Å²) >= 11 is 0. The van der Waals surface area contributed by atoms with Gasteiger partial charge in [-0.05, 0) is 31.5 Å². The Morgan fingerprint density at radius 1 is 1.05 bits per heavy atom. The number of nitro groups is 1. The van der Waals surface area contributed by atoms with Crippen LogP contribution in [0, 0.1) is 24.0 Å². The number of anilines is 1. The summed E-state index contributed by atoms with van der Waals surface area (Å²) in [4.78, 5) is 9.80. The van der Waals surface area contributed by atoms with Gasteiger partial charge in [0.05, 0.1) is 9.82 Å². The van der Waals surface area contributed by atoms with E-state index < -0.39 is 14.9 Å². The summed E-state index contributed by atoms with van der Waals surface area (Å²) in [6.45, 7) is 3.56. The molecule has 0 heterocycles. The Morgan fingerprint density at radius 3 is 2.00 bits per heavy atom. The molecule has 2 aromatic rings. The van der Waals surface area contributed by atoms with Crippen molar-refractivity contribution in [1.29, 1.82) is 0 Å². The minimum atomic E-state index is -3.64. The van der Waals surface area contributed by atoms with E-state index in [2.05, 4.69) is 0 Å². The van der Waals surface area contributed by atoms with Gasteiger partial charge in [-0.15, -0.1) is 0 Å². The molecule has 0 radical (unpaired) electrons. The van der Waals surface area contributed by atoms with Crippen LogP contribution in [0.15, 0.2) is 47.4 Å². The van der Waals surface area contributed by atoms with Crippen molar-refractivity contribution in [1.82, 2.24) is 0 Å². The Balaban J connectivity index is 0.000000224. The first kappa shape index (κ1) is 17.6. The minimum absolute atomic E-state index is 0.0856. The van der Waals surface area contributed by atoms with Crippen molar-refractivity contribution < 1.29 is 13.3 Å². The highest BCUT2D eigenvalue weighted by Gasteiger charge is 2.10. The molecule has 0 spiro atoms. The summed E-state index contributed by atoms with van der Waals surface area (Å²) in [5.41, 5.74) is 7.58. The van der Waals surface area contributed by atoms with Gasteiger partial charge in [0.15, 0.2) is 0 Å². The minimum Gasteiger partial charge on any atom is -0.399 e. The van der Waals surface area contributed by atoms with E-state index in [1.165, 1.54) is 18.2 Å². The molecule has 0 saturated carbocycles. The largest absolute Gasteiger partial charge is 0.399 e. The molecule has 0 aliphatic heterocycles. The van der Waals surface area contributed by atoms with Crippen molar-refractivity contribution >= 4 is 21.4 Å². The maximum Gasteiger partial charge on any atom is 0.269 e. The van der Waals surface area contributed by atoms with Gasteiger partial charge in [-0.1, -0.05) is 23.8 Å². The lowest BCUT2D eigenvalue weighted by molar-refractivity contribution is -0.384. The van der Waals surface area contributed by atoms with Crippen LogP contribution in [0.4, 0.5) is 11.4 Å². The summed E-state index contributed by atoms with van der Waals surface area (Å²) in [6.07, 6.45) is 0. The molecule has 118 valence electrons. The summed E-state index contributed by atoms with van der Waals surface area (Å²) in [5, 5.41) is 15.1. The number of hydrogen-bond acceptors (Lipinski definition) is 5. The second kappa shape index (κ2) is 7.01. The Bertz CT molecular complexity index is 771. The van der Waals surface area contributed by atoms with Gasteiger partial charge >= 0.3 is 0 Å². The van der Waals surface area contributed by atoms with E-state index in [0.29, 0.717) is 11.3 Å². The smallest absolute Gasteiger partial charge is 0.269 e. The van der Waals surface area contributed by atoms with Crippen LogP contribution in [0.3, 0.4) is 0 Å². The topological polar surface area (TPSA) is 129 Å². The lowest BCUT2D eigenvalue weighted by Crippen LogP contribution is -2.13. The highest BCUT2D eigenvalue weighted by atomic mass is 32.2. The molecule has 0 aliphatic carbocycles. The fourth-order valence-corrected chi connectivity index (χ4v) is 2.41. The summed E-state index contributed by atoms with van der Waals surface area (Å²) < 4.78 is 21.9. The zero-order valence-corrected chi connectivity index (χ0v) is 13.0. The Hall–Kier alpha value is -2.45. The van der Waals surface area contributed by atoms with Crippen LogP contribution < -0.4 is 10.9 Å². The first-order valence-electron chi connectivity index (χ1n) is 6.21. The van der Waals surface area contributed by atoms with Gasteiger partial charge in [-0.3, -0.25) is 10.1 Å². The second-order valence-corrected chi connectivity index (χ2v) is 6.19. The first-order chi connectivity index (χ1) is 10.1. The third-order valence-electron chi connectivity index (χ3n) is 2.76. The number of rotatable bonds is 2. The highest BCUT2D eigenvalue weighted by molar-refractivity contribution is 7.89. The van der Waals surface area contributed by atoms with Crippen molar-refractivity contribution in [2.45, 2.75) is 18.7 Å². The third kappa shape index (κ3) is 5.15. The van der Waals surface area contributed by atoms with Crippen molar-refractivity contribution in [3.05, 3.63) is 63.7 Å². The number of nitro benzene ring substituents is 1. The van der Waals surface area contributed by atoms with E-state index >= 15 is 0 Å². The van der Waals surface area contributed by atoms with Crippen molar-refractivity contribution in [2.24, 2.45) is 5.14 Å². The zero-order chi connectivity index (χ0) is 16.9. The van der Waals surface area contributed by atoms with Crippen molar-refractivity contribution in [2.75, 3.05) is 5.73 Å². The number of nitrogens with two attached hydrogens (primary N) is 2. The zero-order valence-electron chi connectivity index (χ0n) is 12.2. The van der Waals surface area contributed by atoms with Gasteiger partial charge < -0.3 is 5.73 Å². The number of benzene rings is 2. The lowest BCUT2D eigenvalue weighted by atomic mass is 10.2. The fraction of sp³-hybridized carbons (Fsp3) is 0.143. The summed E-state index contributed by atoms with van der Waals surface area (Å²) in [7, 11) is -3.64. The average molecular weight is 323 g/mol. The van der Waals surface area contributed by atoms with Gasteiger partial charge in [0, 0.05) is 17.8 Å². The number of primary sulfonamides is 1. The maximum atomic E-state index is 10.9. The second-order valence-electron chi connectivity index (χ2n) is 4.66. The van der Waals surface area contributed by atoms with Crippen LogP contribution in [-0.4, -0.2) is 13.3 Å². The quantitative estimate of drug-likeness (QED) is 0.497. The molecular weight excluding hydrogens is 306 g/mol. The van der Waals surface area contributed by atoms with Gasteiger partial charge in [-0.2, -0.15) is 0 Å². The van der Waals surface area contributed by atoms with Crippen molar-refractivity contribution in [3.63, 3.8) is 0 Å². The molecule has 22 heavy (non-hydrogen) atoms. The molecule has 7 nitrogen and oxygen atoms in total. The SMILES string of the molecule is Cc1ccc(N)cc1S(N)(=O)=O.Cc1ccc([N+](=O)[O-])cc1. The molecule has 0 unspecified atom stereocenters. The molecule has 0 aromatic heterocycles. The fourth-order valence-electron chi connectivity index (χ4n) is 1.59. The van der Waals surface area contributed by atoms with Gasteiger partial charge in [0.25, 0.3) is 5.69 Å². The standard InChI is InChI=1S/C7H10N2O2S.C7H7NO2/c1-5-2-3-6(8)4-7(5)12(9,10)11;1-6-2-4-7(5-3-6)8(9)10/h2-4H,8H2,1H3,(H2,9,10,11);2-5H,1H3. The molecule has 2 rings (SSSR count). The number of sulfonamides is 1. The molecule has 0 atom stereocenters. The predicted octanol–water partition coefficient (Wildman–Crippen LogP) is 2.13. The summed E-state index contributed by atoms with van der Waals surface area (Å²) in [6, 6.07) is 11.0. The van der Waals surface area contributed by atoms with E-state index in [-0.39, 0.29) is 10.6 Å². The predicted molar refractivity (Wildman–Crippen MR) is 84.8 cm³/mol. The van der Waals surface area contributed by atoms with Crippen LogP contribution in [-0.2, 0) is 10.0 Å². The van der Waals surface area contributed by atoms with E-state index in [0.717, 1.165) is 5.56 Å². The van der Waals surface area contributed by atoms with Gasteiger partial charge in [-0.25, -0.2) is 13.6 Å². The third-order valence-corrected chi connectivity index (χ3v) is 3.82. The average Bonchev–Trinajstić information content (AvgIpc) is 2.41. The highest BCUT2D eigenvalue weighted by Crippen LogP contribution is 2.16. The maximum absolute atomic E-state index is 10.9. The van der Waals surface area contributed by atoms with Crippen LogP contribution >= 0.6 is 0 Å². The van der Waals surface area contributed by atoms with Crippen molar-refractivity contribution in [3.8, 4) is 0 Å². The Labute approximate surface area is 128 Å². The van der Waals surface area contributed by atoms with E-state index in [4.69, 9.17) is 10.9 Å². The molecule has 0 aliphatic rings. The molecule has 0 fully saturated rings. The molecule has 0 saturated heterocycles. The molecular formula is C14H17N3O4S. The van der Waals surface area contributed by atoms with Crippen LogP contribution in [0.2, 0.25) is 0 Å². The van der Waals surface area contributed by atoms with Gasteiger partial charge in [0.2, 0.25) is 10.0 Å². The van der Waals surface area contributed by atoms with E-state index in [9.17, 15) is 18.5 Å². The number of hydrogen-bond donors (Lipinski definition) is 2. The molecule has 2 aromatic carbocycles. The number of non-ortho nitro benzene ring substituents is 1. The summed E-state index contributed by atoms with van der Waals surface area (Å²) in [5.74, 6) is 0. The van der Waals surface area contributed by atoms with Gasteiger partial charge in [0.1, 0.15) is 0 Å². The number of aryl methyl sites for hydroxylation is 2. The van der Waals surface area contributed by atoms with Crippen LogP contribution in [0.25, 0.3) is 0 Å². The first-order valence-corrected chi connectivity index (χ1v) is 7.76. The Morgan fingerprint density at radius 2 is 1.59 bits per heavy atom. The number of nitrogens with zero attached hydrogens (tertiary/aromatic N) is 1. The van der Waals surface area contributed by atoms with Crippen LogP contribution in [0.1, 0.15) is 11.1 Å².